The molecule has 0 saturated heterocycles. The number of amides is 1. The molecule has 1 heterocycles. The van der Waals surface area contributed by atoms with Crippen molar-refractivity contribution in [3.8, 4) is 0 Å². The minimum absolute atomic E-state index is 0.322. The Balaban J connectivity index is 2.08. The highest BCUT2D eigenvalue weighted by Crippen LogP contribution is 2.36. The first kappa shape index (κ1) is 10.6. The van der Waals surface area contributed by atoms with Crippen molar-refractivity contribution in [3.63, 3.8) is 0 Å². The summed E-state index contributed by atoms with van der Waals surface area (Å²) in [6.07, 6.45) is 1.03. The minimum Gasteiger partial charge on any atom is -0.480 e. The van der Waals surface area contributed by atoms with E-state index in [2.05, 4.69) is 21.2 Å². The van der Waals surface area contributed by atoms with Gasteiger partial charge in [0.15, 0.2) is 0 Å². The van der Waals surface area contributed by atoms with Crippen molar-refractivity contribution >= 4 is 39.1 Å². The van der Waals surface area contributed by atoms with Crippen LogP contribution in [0.15, 0.2) is 15.2 Å². The Bertz CT molecular complexity index is 425. The number of hydrogen-bond acceptors (Lipinski definition) is 3. The minimum atomic E-state index is -1.01. The van der Waals surface area contributed by atoms with Crippen LogP contribution in [0.4, 0.5) is 0 Å². The summed E-state index contributed by atoms with van der Waals surface area (Å²) in [6, 6.07) is 1.68. The van der Waals surface area contributed by atoms with Gasteiger partial charge >= 0.3 is 5.97 Å². The highest BCUT2D eigenvalue weighted by Gasteiger charge is 2.51. The van der Waals surface area contributed by atoms with Gasteiger partial charge in [-0.05, 0) is 34.8 Å². The Morgan fingerprint density at radius 3 is 2.60 bits per heavy atom. The molecular formula is C9H8BrNO3S. The third-order valence-electron chi connectivity index (χ3n) is 2.34. The summed E-state index contributed by atoms with van der Waals surface area (Å²) in [5.41, 5.74) is -0.509. The van der Waals surface area contributed by atoms with Gasteiger partial charge in [0, 0.05) is 5.38 Å². The van der Waals surface area contributed by atoms with E-state index < -0.39 is 11.5 Å². The topological polar surface area (TPSA) is 66.4 Å². The second kappa shape index (κ2) is 3.61. The fourth-order valence-electron chi connectivity index (χ4n) is 1.24. The quantitative estimate of drug-likeness (QED) is 0.893. The van der Waals surface area contributed by atoms with Gasteiger partial charge in [-0.1, -0.05) is 0 Å². The van der Waals surface area contributed by atoms with Crippen LogP contribution in [0.5, 0.6) is 0 Å². The fraction of sp³-hybridized carbons (Fsp3) is 0.333. The summed E-state index contributed by atoms with van der Waals surface area (Å²) in [6.45, 7) is 0. The molecule has 1 aliphatic carbocycles. The summed E-state index contributed by atoms with van der Waals surface area (Å²) in [4.78, 5) is 22.5. The number of hydrogen-bond donors (Lipinski definition) is 2. The van der Waals surface area contributed by atoms with Crippen LogP contribution >= 0.6 is 27.3 Å². The zero-order chi connectivity index (χ0) is 11.1. The van der Waals surface area contributed by atoms with Crippen LogP contribution in [0.25, 0.3) is 0 Å². The molecule has 0 atom stereocenters. The molecule has 2 rings (SSSR count). The molecule has 1 aromatic heterocycles. The van der Waals surface area contributed by atoms with Crippen molar-refractivity contribution < 1.29 is 14.7 Å². The first-order chi connectivity index (χ1) is 7.03. The molecule has 0 spiro atoms. The second-order valence-electron chi connectivity index (χ2n) is 3.48. The van der Waals surface area contributed by atoms with Crippen molar-refractivity contribution in [1.82, 2.24) is 5.32 Å². The standard InChI is InChI=1S/C9H8BrNO3S/c10-6-3-5(4-15-6)7(12)11-9(1-2-9)8(13)14/h3-4H,1-2H2,(H,11,12)(H,13,14). The van der Waals surface area contributed by atoms with E-state index in [1.807, 2.05) is 0 Å². The van der Waals surface area contributed by atoms with Gasteiger partial charge in [0.25, 0.3) is 5.91 Å². The molecule has 1 fully saturated rings. The molecule has 1 amide bonds. The number of rotatable bonds is 3. The van der Waals surface area contributed by atoms with Crippen molar-refractivity contribution in [3.05, 3.63) is 20.8 Å². The summed E-state index contributed by atoms with van der Waals surface area (Å²) >= 11 is 4.64. The predicted molar refractivity (Wildman–Crippen MR) is 59.1 cm³/mol. The van der Waals surface area contributed by atoms with E-state index in [0.717, 1.165) is 3.79 Å². The molecule has 0 aromatic carbocycles. The molecule has 4 nitrogen and oxygen atoms in total. The van der Waals surface area contributed by atoms with Crippen LogP contribution in [0.1, 0.15) is 23.2 Å². The molecular weight excluding hydrogens is 282 g/mol. The van der Waals surface area contributed by atoms with Gasteiger partial charge in [0.2, 0.25) is 0 Å². The number of thiophene rings is 1. The highest BCUT2D eigenvalue weighted by atomic mass is 79.9. The number of aliphatic carboxylic acids is 1. The van der Waals surface area contributed by atoms with Crippen molar-refractivity contribution in [2.24, 2.45) is 0 Å². The Morgan fingerprint density at radius 2 is 2.20 bits per heavy atom. The lowest BCUT2D eigenvalue weighted by Gasteiger charge is -2.11. The average Bonchev–Trinajstić information content (AvgIpc) is 2.82. The second-order valence-corrected chi connectivity index (χ2v) is 5.77. The average molecular weight is 290 g/mol. The summed E-state index contributed by atoms with van der Waals surface area (Å²) < 4.78 is 0.854. The van der Waals surface area contributed by atoms with Crippen molar-refractivity contribution in [1.29, 1.82) is 0 Å². The SMILES string of the molecule is O=C(NC1(C(=O)O)CC1)c1csc(Br)c1. The largest absolute Gasteiger partial charge is 0.480 e. The maximum atomic E-state index is 11.6. The smallest absolute Gasteiger partial charge is 0.329 e. The predicted octanol–water partition coefficient (Wildman–Crippen LogP) is 1.86. The van der Waals surface area contributed by atoms with E-state index in [0.29, 0.717) is 18.4 Å². The molecule has 0 bridgehead atoms. The molecule has 6 heteroatoms. The lowest BCUT2D eigenvalue weighted by Crippen LogP contribution is -2.42. The summed E-state index contributed by atoms with van der Waals surface area (Å²) in [5, 5.41) is 13.1. The van der Waals surface area contributed by atoms with Crippen molar-refractivity contribution in [2.45, 2.75) is 18.4 Å². The van der Waals surface area contributed by atoms with E-state index >= 15 is 0 Å². The lowest BCUT2D eigenvalue weighted by molar-refractivity contribution is -0.140. The number of carbonyl (C=O) groups excluding carboxylic acids is 1. The van der Waals surface area contributed by atoms with Gasteiger partial charge in [-0.25, -0.2) is 4.79 Å². The van der Waals surface area contributed by atoms with Crippen molar-refractivity contribution in [2.75, 3.05) is 0 Å². The number of halogens is 1. The van der Waals surface area contributed by atoms with Gasteiger partial charge in [-0.3, -0.25) is 4.79 Å². The lowest BCUT2D eigenvalue weighted by atomic mass is 10.2. The van der Waals surface area contributed by atoms with E-state index in [1.54, 1.807) is 11.4 Å². The molecule has 1 aliphatic rings. The molecule has 15 heavy (non-hydrogen) atoms. The van der Waals surface area contributed by atoms with E-state index in [1.165, 1.54) is 11.3 Å². The normalized spacial score (nSPS) is 17.1. The van der Waals surface area contributed by atoms with E-state index in [4.69, 9.17) is 5.11 Å². The monoisotopic (exact) mass is 289 g/mol. The van der Waals surface area contributed by atoms with Crippen LogP contribution < -0.4 is 5.32 Å². The zero-order valence-corrected chi connectivity index (χ0v) is 10.0. The third kappa shape index (κ3) is 2.05. The van der Waals surface area contributed by atoms with Gasteiger partial charge in [-0.15, -0.1) is 11.3 Å². The van der Waals surface area contributed by atoms with Gasteiger partial charge in [-0.2, -0.15) is 0 Å². The fourth-order valence-corrected chi connectivity index (χ4v) is 2.37. The van der Waals surface area contributed by atoms with Crippen LogP contribution in [0.2, 0.25) is 0 Å². The number of carbonyl (C=O) groups is 2. The molecule has 1 saturated carbocycles. The van der Waals surface area contributed by atoms with Crippen LogP contribution in [0, 0.1) is 0 Å². The highest BCUT2D eigenvalue weighted by molar-refractivity contribution is 9.11. The third-order valence-corrected chi connectivity index (χ3v) is 3.85. The van der Waals surface area contributed by atoms with Gasteiger partial charge < -0.3 is 10.4 Å². The maximum Gasteiger partial charge on any atom is 0.329 e. The van der Waals surface area contributed by atoms with Gasteiger partial charge in [0.05, 0.1) is 9.35 Å². The molecule has 0 aliphatic heterocycles. The number of carboxylic acids is 1. The number of carboxylic acid groups (broad SMARTS) is 1. The van der Waals surface area contributed by atoms with E-state index in [9.17, 15) is 9.59 Å². The Morgan fingerprint density at radius 1 is 1.53 bits per heavy atom. The van der Waals surface area contributed by atoms with Crippen LogP contribution in [-0.2, 0) is 4.79 Å². The van der Waals surface area contributed by atoms with Crippen LogP contribution in [-0.4, -0.2) is 22.5 Å². The van der Waals surface area contributed by atoms with Gasteiger partial charge in [0.1, 0.15) is 5.54 Å². The first-order valence-electron chi connectivity index (χ1n) is 4.33. The summed E-state index contributed by atoms with van der Waals surface area (Å²) in [5.74, 6) is -1.28. The number of nitrogens with one attached hydrogen (secondary N) is 1. The van der Waals surface area contributed by atoms with Crippen LogP contribution in [0.3, 0.4) is 0 Å². The molecule has 1 aromatic rings. The first-order valence-corrected chi connectivity index (χ1v) is 6.01. The van der Waals surface area contributed by atoms with E-state index in [-0.39, 0.29) is 5.91 Å². The maximum absolute atomic E-state index is 11.6. The Kier molecular flexibility index (Phi) is 2.56. The molecule has 2 N–H and O–H groups in total. The molecule has 0 radical (unpaired) electrons. The molecule has 0 unspecified atom stereocenters. The Hall–Kier alpha value is -0.880. The summed E-state index contributed by atoms with van der Waals surface area (Å²) in [7, 11) is 0. The Labute approximate surface area is 98.4 Å². The molecule has 80 valence electrons. The zero-order valence-electron chi connectivity index (χ0n) is 7.62.